The fraction of sp³-hybridized carbons (Fsp3) is 0.300. The SMILES string of the molecule is CCOC(=O)C(C#N)Cc1c(-c2ccc3c(c2)OCO3)cc2c(c1C(=O)OC)C13OCOC1C=CC=C3C=C2. The standard InChI is InChI=1S/C30H25NO8/c1-3-35-28(32)19(14-31)12-22-21(17-8-10-23-24(13-17)37-15-36-23)11-18-7-9-20-5-4-6-25-30(20,39-16-38-25)27(18)26(22)29(33)34-2/h4-11,13,19,25H,3,12,15-16H2,1-2H3. The topological polar surface area (TPSA) is 113 Å². The molecule has 198 valence electrons. The summed E-state index contributed by atoms with van der Waals surface area (Å²) in [6.07, 6.45) is 9.02. The molecule has 0 radical (unpaired) electrons. The number of nitrogens with zero attached hydrogens (tertiary/aromatic N) is 1. The molecule has 2 aliphatic heterocycles. The molecular weight excluding hydrogens is 502 g/mol. The predicted octanol–water partition coefficient (Wildman–Crippen LogP) is 4.21. The van der Waals surface area contributed by atoms with Gasteiger partial charge in [-0.1, -0.05) is 36.4 Å². The molecule has 3 atom stereocenters. The minimum absolute atomic E-state index is 0.0309. The van der Waals surface area contributed by atoms with Gasteiger partial charge in [-0.15, -0.1) is 0 Å². The second-order valence-corrected chi connectivity index (χ2v) is 9.36. The maximum Gasteiger partial charge on any atom is 0.338 e. The normalized spacial score (nSPS) is 22.2. The number of allylic oxidation sites excluding steroid dienone is 2. The molecule has 3 unspecified atom stereocenters. The average molecular weight is 528 g/mol. The molecule has 1 fully saturated rings. The van der Waals surface area contributed by atoms with Crippen LogP contribution in [-0.4, -0.2) is 45.3 Å². The molecule has 1 saturated heterocycles. The maximum absolute atomic E-state index is 13.7. The molecule has 2 aromatic rings. The molecule has 1 spiro atoms. The van der Waals surface area contributed by atoms with Crippen molar-refractivity contribution in [3.63, 3.8) is 0 Å². The number of carbonyl (C=O) groups is 2. The highest BCUT2D eigenvalue weighted by atomic mass is 16.7. The van der Waals surface area contributed by atoms with Crippen LogP contribution in [0.1, 0.15) is 34.0 Å². The van der Waals surface area contributed by atoms with Crippen LogP contribution >= 0.6 is 0 Å². The fourth-order valence-electron chi connectivity index (χ4n) is 5.71. The van der Waals surface area contributed by atoms with Crippen molar-refractivity contribution in [1.29, 1.82) is 5.26 Å². The molecule has 0 amide bonds. The lowest BCUT2D eigenvalue weighted by Crippen LogP contribution is -2.42. The van der Waals surface area contributed by atoms with Crippen molar-refractivity contribution in [3.05, 3.63) is 76.4 Å². The number of methoxy groups -OCH3 is 1. The highest BCUT2D eigenvalue weighted by Crippen LogP contribution is 2.53. The molecular formula is C30H25NO8. The lowest BCUT2D eigenvalue weighted by atomic mass is 9.69. The highest BCUT2D eigenvalue weighted by molar-refractivity contribution is 5.99. The van der Waals surface area contributed by atoms with Crippen LogP contribution in [-0.2, 0) is 35.8 Å². The molecule has 0 aromatic heterocycles. The second-order valence-electron chi connectivity index (χ2n) is 9.36. The first-order valence-corrected chi connectivity index (χ1v) is 12.6. The molecule has 9 nitrogen and oxygen atoms in total. The summed E-state index contributed by atoms with van der Waals surface area (Å²) in [7, 11) is 1.30. The molecule has 9 heteroatoms. The van der Waals surface area contributed by atoms with Crippen LogP contribution in [0, 0.1) is 17.2 Å². The minimum Gasteiger partial charge on any atom is -0.465 e. The summed E-state index contributed by atoms with van der Waals surface area (Å²) in [4.78, 5) is 26.4. The third kappa shape index (κ3) is 3.83. The zero-order chi connectivity index (χ0) is 27.1. The monoisotopic (exact) mass is 527 g/mol. The van der Waals surface area contributed by atoms with Gasteiger partial charge in [-0.3, -0.25) is 4.79 Å². The number of benzene rings is 2. The van der Waals surface area contributed by atoms with Crippen LogP contribution in [0.3, 0.4) is 0 Å². The van der Waals surface area contributed by atoms with E-state index in [1.165, 1.54) is 7.11 Å². The van der Waals surface area contributed by atoms with Crippen LogP contribution in [0.4, 0.5) is 0 Å². The summed E-state index contributed by atoms with van der Waals surface area (Å²) >= 11 is 0. The van der Waals surface area contributed by atoms with Crippen LogP contribution < -0.4 is 9.47 Å². The largest absolute Gasteiger partial charge is 0.465 e. The van der Waals surface area contributed by atoms with Gasteiger partial charge in [-0.25, -0.2) is 4.79 Å². The second kappa shape index (κ2) is 9.73. The first-order valence-electron chi connectivity index (χ1n) is 12.6. The van der Waals surface area contributed by atoms with E-state index >= 15 is 0 Å². The Morgan fingerprint density at radius 3 is 2.82 bits per heavy atom. The summed E-state index contributed by atoms with van der Waals surface area (Å²) in [5.41, 5.74) is 3.12. The molecule has 2 aliphatic carbocycles. The minimum atomic E-state index is -1.16. The van der Waals surface area contributed by atoms with Crippen molar-refractivity contribution in [1.82, 2.24) is 0 Å². The van der Waals surface area contributed by atoms with Crippen molar-refractivity contribution in [3.8, 4) is 28.7 Å². The number of hydrogen-bond donors (Lipinski definition) is 0. The van der Waals surface area contributed by atoms with E-state index in [9.17, 15) is 14.9 Å². The lowest BCUT2D eigenvalue weighted by Gasteiger charge is -2.40. The Morgan fingerprint density at radius 2 is 2.03 bits per heavy atom. The first kappa shape index (κ1) is 24.9. The fourth-order valence-corrected chi connectivity index (χ4v) is 5.71. The van der Waals surface area contributed by atoms with Crippen LogP contribution in [0.2, 0.25) is 0 Å². The van der Waals surface area contributed by atoms with Gasteiger partial charge in [-0.05, 0) is 52.9 Å². The summed E-state index contributed by atoms with van der Waals surface area (Å²) in [6.45, 7) is 1.94. The summed E-state index contributed by atoms with van der Waals surface area (Å²) in [5, 5.41) is 9.96. The van der Waals surface area contributed by atoms with E-state index in [0.29, 0.717) is 28.2 Å². The van der Waals surface area contributed by atoms with Gasteiger partial charge in [0.1, 0.15) is 18.8 Å². The van der Waals surface area contributed by atoms with Crippen LogP contribution in [0.25, 0.3) is 17.2 Å². The van der Waals surface area contributed by atoms with Gasteiger partial charge in [0.2, 0.25) is 6.79 Å². The van der Waals surface area contributed by atoms with E-state index in [2.05, 4.69) is 6.07 Å². The molecule has 39 heavy (non-hydrogen) atoms. The van der Waals surface area contributed by atoms with Crippen molar-refractivity contribution < 1.29 is 38.0 Å². The van der Waals surface area contributed by atoms with Gasteiger partial charge >= 0.3 is 11.9 Å². The predicted molar refractivity (Wildman–Crippen MR) is 138 cm³/mol. The van der Waals surface area contributed by atoms with Crippen LogP contribution in [0.15, 0.2) is 54.1 Å². The summed E-state index contributed by atoms with van der Waals surface area (Å²) in [5.74, 6) is -1.27. The lowest BCUT2D eigenvalue weighted by molar-refractivity contribution is -0.145. The van der Waals surface area contributed by atoms with Gasteiger partial charge in [0.15, 0.2) is 17.1 Å². The quantitative estimate of drug-likeness (QED) is 0.510. The number of rotatable bonds is 6. The molecule has 2 heterocycles. The Balaban J connectivity index is 1.65. The third-order valence-corrected chi connectivity index (χ3v) is 7.41. The Labute approximate surface area is 224 Å². The van der Waals surface area contributed by atoms with Gasteiger partial charge in [0.25, 0.3) is 0 Å². The van der Waals surface area contributed by atoms with E-state index in [-0.39, 0.29) is 32.2 Å². The number of esters is 2. The van der Waals surface area contributed by atoms with E-state index in [4.69, 9.17) is 28.4 Å². The van der Waals surface area contributed by atoms with Gasteiger partial charge in [-0.2, -0.15) is 5.26 Å². The molecule has 2 aromatic carbocycles. The van der Waals surface area contributed by atoms with E-state index in [1.54, 1.807) is 13.0 Å². The number of nitriles is 1. The van der Waals surface area contributed by atoms with E-state index in [1.807, 2.05) is 48.6 Å². The zero-order valence-electron chi connectivity index (χ0n) is 21.4. The highest BCUT2D eigenvalue weighted by Gasteiger charge is 2.54. The Hall–Kier alpha value is -4.39. The van der Waals surface area contributed by atoms with Gasteiger partial charge in [0, 0.05) is 12.0 Å². The number of ether oxygens (including phenoxy) is 6. The van der Waals surface area contributed by atoms with Gasteiger partial charge < -0.3 is 28.4 Å². The number of fused-ring (bicyclic) bond motifs is 2. The maximum atomic E-state index is 13.7. The molecule has 4 aliphatic rings. The smallest absolute Gasteiger partial charge is 0.338 e. The molecule has 0 saturated carbocycles. The average Bonchev–Trinajstić information content (AvgIpc) is 3.61. The van der Waals surface area contributed by atoms with Crippen molar-refractivity contribution >= 4 is 18.0 Å². The van der Waals surface area contributed by atoms with Crippen molar-refractivity contribution in [2.24, 2.45) is 5.92 Å². The van der Waals surface area contributed by atoms with Crippen molar-refractivity contribution in [2.45, 2.75) is 25.0 Å². The third-order valence-electron chi connectivity index (χ3n) is 7.41. The zero-order valence-corrected chi connectivity index (χ0v) is 21.4. The van der Waals surface area contributed by atoms with Gasteiger partial charge in [0.05, 0.1) is 25.3 Å². The first-order chi connectivity index (χ1) is 19.0. The summed E-state index contributed by atoms with van der Waals surface area (Å²) < 4.78 is 33.8. The number of carbonyl (C=O) groups excluding carboxylic acids is 2. The Morgan fingerprint density at radius 1 is 1.18 bits per heavy atom. The Bertz CT molecular complexity index is 1510. The van der Waals surface area contributed by atoms with Crippen LogP contribution in [0.5, 0.6) is 11.5 Å². The summed E-state index contributed by atoms with van der Waals surface area (Å²) in [6, 6.07) is 9.45. The number of hydrogen-bond acceptors (Lipinski definition) is 9. The Kier molecular flexibility index (Phi) is 6.22. The van der Waals surface area contributed by atoms with E-state index in [0.717, 1.165) is 16.7 Å². The molecule has 0 N–H and O–H groups in total. The van der Waals surface area contributed by atoms with E-state index < -0.39 is 29.6 Å². The molecule has 6 rings (SSSR count). The van der Waals surface area contributed by atoms with Crippen molar-refractivity contribution in [2.75, 3.05) is 27.3 Å². The molecule has 0 bridgehead atoms.